The summed E-state index contributed by atoms with van der Waals surface area (Å²) in [5.74, 6) is 0.0193. The van der Waals surface area contributed by atoms with E-state index in [0.29, 0.717) is 19.1 Å². The number of hydrogen-bond donors (Lipinski definition) is 0. The Kier molecular flexibility index (Phi) is 4.71. The predicted molar refractivity (Wildman–Crippen MR) is 90.5 cm³/mol. The zero-order valence-corrected chi connectivity index (χ0v) is 14.0. The Balaban J connectivity index is 1.56. The molecule has 0 saturated carbocycles. The van der Waals surface area contributed by atoms with Crippen molar-refractivity contribution >= 4 is 23.3 Å². The molecule has 0 radical (unpaired) electrons. The van der Waals surface area contributed by atoms with E-state index in [1.165, 1.54) is 0 Å². The van der Waals surface area contributed by atoms with Gasteiger partial charge in [0.1, 0.15) is 6.10 Å². The molecule has 0 unspecified atom stereocenters. The van der Waals surface area contributed by atoms with Gasteiger partial charge in [-0.2, -0.15) is 0 Å². The van der Waals surface area contributed by atoms with Crippen molar-refractivity contribution in [3.05, 3.63) is 45.9 Å². The summed E-state index contributed by atoms with van der Waals surface area (Å²) in [5.41, 5.74) is 1.77. The number of thiophene rings is 1. The lowest BCUT2D eigenvalue weighted by atomic mass is 10.3. The van der Waals surface area contributed by atoms with Crippen LogP contribution in [-0.4, -0.2) is 40.0 Å². The van der Waals surface area contributed by atoms with E-state index in [1.807, 2.05) is 43.5 Å². The van der Waals surface area contributed by atoms with E-state index >= 15 is 0 Å². The fourth-order valence-corrected chi connectivity index (χ4v) is 3.18. The minimum Gasteiger partial charge on any atom is -0.458 e. The van der Waals surface area contributed by atoms with Crippen LogP contribution in [0.15, 0.2) is 29.7 Å². The zero-order chi connectivity index (χ0) is 16.2. The topological polar surface area (TPSA) is 55.3 Å². The molecule has 2 aromatic rings. The van der Waals surface area contributed by atoms with Crippen molar-refractivity contribution in [2.24, 2.45) is 0 Å². The third-order valence-electron chi connectivity index (χ3n) is 3.62. The summed E-state index contributed by atoms with van der Waals surface area (Å²) < 4.78 is 5.83. The number of aromatic nitrogens is 2. The summed E-state index contributed by atoms with van der Waals surface area (Å²) in [5, 5.41) is 1.99. The minimum absolute atomic E-state index is 0.0193. The Bertz CT molecular complexity index is 692. The molecule has 0 aliphatic carbocycles. The van der Waals surface area contributed by atoms with Crippen molar-refractivity contribution in [1.29, 1.82) is 0 Å². The number of carbonyl (C=O) groups excluding carboxylic acids is 1. The van der Waals surface area contributed by atoms with Gasteiger partial charge in [0, 0.05) is 35.3 Å². The van der Waals surface area contributed by atoms with Crippen molar-refractivity contribution in [3.63, 3.8) is 0 Å². The summed E-state index contributed by atoms with van der Waals surface area (Å²) in [7, 11) is 0. The molecule has 23 heavy (non-hydrogen) atoms. The van der Waals surface area contributed by atoms with Gasteiger partial charge in [-0.3, -0.25) is 4.79 Å². The Morgan fingerprint density at radius 1 is 1.39 bits per heavy atom. The highest BCUT2D eigenvalue weighted by Gasteiger charge is 2.27. The van der Waals surface area contributed by atoms with Crippen LogP contribution in [0.4, 0.5) is 0 Å². The molecule has 120 valence electrons. The van der Waals surface area contributed by atoms with Crippen molar-refractivity contribution in [1.82, 2.24) is 14.9 Å². The lowest BCUT2D eigenvalue weighted by Crippen LogP contribution is -2.29. The van der Waals surface area contributed by atoms with Gasteiger partial charge < -0.3 is 9.64 Å². The molecule has 2 aromatic heterocycles. The van der Waals surface area contributed by atoms with Gasteiger partial charge >= 0.3 is 6.01 Å². The molecule has 1 aliphatic heterocycles. The number of hydrogen-bond acceptors (Lipinski definition) is 5. The molecule has 1 saturated heterocycles. The van der Waals surface area contributed by atoms with Crippen molar-refractivity contribution < 1.29 is 9.53 Å². The first-order valence-corrected chi connectivity index (χ1v) is 8.47. The highest BCUT2D eigenvalue weighted by atomic mass is 32.1. The van der Waals surface area contributed by atoms with Gasteiger partial charge in [0.15, 0.2) is 0 Å². The van der Waals surface area contributed by atoms with Crippen molar-refractivity contribution in [2.45, 2.75) is 26.4 Å². The molecule has 0 N–H and O–H groups in total. The average molecular weight is 329 g/mol. The highest BCUT2D eigenvalue weighted by Crippen LogP contribution is 2.17. The van der Waals surface area contributed by atoms with Gasteiger partial charge in [-0.1, -0.05) is 6.07 Å². The summed E-state index contributed by atoms with van der Waals surface area (Å²) >= 11 is 1.61. The largest absolute Gasteiger partial charge is 0.458 e. The number of nitrogens with zero attached hydrogens (tertiary/aromatic N) is 3. The molecule has 0 aromatic carbocycles. The fraction of sp³-hybridized carbons (Fsp3) is 0.353. The molecule has 5 nitrogen and oxygen atoms in total. The smallest absolute Gasteiger partial charge is 0.317 e. The van der Waals surface area contributed by atoms with Crippen molar-refractivity contribution in [3.8, 4) is 6.01 Å². The lowest BCUT2D eigenvalue weighted by molar-refractivity contribution is -0.125. The number of ether oxygens (including phenoxy) is 1. The third-order valence-corrected chi connectivity index (χ3v) is 4.46. The minimum atomic E-state index is -0.0460. The number of carbonyl (C=O) groups is 1. The number of rotatable bonds is 4. The van der Waals surface area contributed by atoms with Crippen LogP contribution in [0.25, 0.3) is 6.08 Å². The van der Waals surface area contributed by atoms with E-state index < -0.39 is 0 Å². The number of aryl methyl sites for hydroxylation is 2. The molecule has 1 aliphatic rings. The van der Waals surface area contributed by atoms with Gasteiger partial charge in [-0.05, 0) is 37.4 Å². The average Bonchev–Trinajstić information content (AvgIpc) is 3.15. The zero-order valence-electron chi connectivity index (χ0n) is 13.2. The summed E-state index contributed by atoms with van der Waals surface area (Å²) in [4.78, 5) is 23.7. The van der Waals surface area contributed by atoms with E-state index in [1.54, 1.807) is 22.3 Å². The normalized spacial score (nSPS) is 17.8. The quantitative estimate of drug-likeness (QED) is 0.810. The second-order valence-corrected chi connectivity index (χ2v) is 6.57. The van der Waals surface area contributed by atoms with Crippen LogP contribution in [0.2, 0.25) is 0 Å². The summed E-state index contributed by atoms with van der Waals surface area (Å²) in [6.07, 6.45) is 4.24. The maximum atomic E-state index is 12.2. The molecule has 3 heterocycles. The fourth-order valence-electron chi connectivity index (χ4n) is 2.56. The second-order valence-electron chi connectivity index (χ2n) is 5.59. The summed E-state index contributed by atoms with van der Waals surface area (Å²) in [6, 6.07) is 6.27. The molecule has 0 spiro atoms. The molecule has 3 rings (SSSR count). The summed E-state index contributed by atoms with van der Waals surface area (Å²) in [6.45, 7) is 5.11. The van der Waals surface area contributed by atoms with Crippen LogP contribution >= 0.6 is 11.3 Å². The van der Waals surface area contributed by atoms with E-state index in [4.69, 9.17) is 4.74 Å². The van der Waals surface area contributed by atoms with Gasteiger partial charge in [0.25, 0.3) is 0 Å². The van der Waals surface area contributed by atoms with Crippen LogP contribution in [0, 0.1) is 13.8 Å². The Morgan fingerprint density at radius 3 is 2.87 bits per heavy atom. The molecular formula is C17H19N3O2S. The van der Waals surface area contributed by atoms with E-state index in [-0.39, 0.29) is 12.0 Å². The Labute approximate surface area is 139 Å². The number of likely N-dealkylation sites (tertiary alicyclic amines) is 1. The van der Waals surface area contributed by atoms with Gasteiger partial charge in [0.05, 0.1) is 6.54 Å². The van der Waals surface area contributed by atoms with Gasteiger partial charge in [-0.15, -0.1) is 11.3 Å². The van der Waals surface area contributed by atoms with Gasteiger partial charge in [0.2, 0.25) is 5.91 Å². The Hall–Kier alpha value is -2.21. The van der Waals surface area contributed by atoms with Crippen LogP contribution in [0.1, 0.15) is 22.7 Å². The van der Waals surface area contributed by atoms with E-state index in [9.17, 15) is 4.79 Å². The molecular weight excluding hydrogens is 310 g/mol. The first-order valence-electron chi connectivity index (χ1n) is 7.59. The monoisotopic (exact) mass is 329 g/mol. The van der Waals surface area contributed by atoms with Crippen LogP contribution in [-0.2, 0) is 4.79 Å². The standard InChI is InChI=1S/C17H19N3O2S/c1-12-10-13(2)19-17(18-12)22-14-7-8-20(11-14)16(21)6-5-15-4-3-9-23-15/h3-6,9-10,14H,7-8,11H2,1-2H3/b6-5+/t14-/m0/s1. The van der Waals surface area contributed by atoms with Crippen LogP contribution in [0.5, 0.6) is 6.01 Å². The Morgan fingerprint density at radius 2 is 2.17 bits per heavy atom. The maximum Gasteiger partial charge on any atom is 0.317 e. The van der Waals surface area contributed by atoms with E-state index in [0.717, 1.165) is 22.7 Å². The first kappa shape index (κ1) is 15.7. The van der Waals surface area contributed by atoms with Crippen molar-refractivity contribution in [2.75, 3.05) is 13.1 Å². The molecule has 1 amide bonds. The molecule has 0 bridgehead atoms. The predicted octanol–water partition coefficient (Wildman–Crippen LogP) is 2.85. The molecule has 6 heteroatoms. The van der Waals surface area contributed by atoms with Crippen LogP contribution < -0.4 is 4.74 Å². The maximum absolute atomic E-state index is 12.2. The SMILES string of the molecule is Cc1cc(C)nc(O[C@H]2CCN(C(=O)/C=C/c3cccs3)C2)n1. The van der Waals surface area contributed by atoms with Gasteiger partial charge in [-0.25, -0.2) is 9.97 Å². The number of amides is 1. The second kappa shape index (κ2) is 6.91. The highest BCUT2D eigenvalue weighted by molar-refractivity contribution is 7.10. The molecule has 1 fully saturated rings. The lowest BCUT2D eigenvalue weighted by Gasteiger charge is -2.15. The van der Waals surface area contributed by atoms with Crippen LogP contribution in [0.3, 0.4) is 0 Å². The van der Waals surface area contributed by atoms with E-state index in [2.05, 4.69) is 9.97 Å². The third kappa shape index (κ3) is 4.16. The molecule has 1 atom stereocenters. The first-order chi connectivity index (χ1) is 11.1.